The van der Waals surface area contributed by atoms with E-state index in [1.165, 1.54) is 11.3 Å². The first-order chi connectivity index (χ1) is 14.4. The molecule has 0 radical (unpaired) electrons. The van der Waals surface area contributed by atoms with Crippen molar-refractivity contribution in [2.75, 3.05) is 20.1 Å². The van der Waals surface area contributed by atoms with Crippen LogP contribution in [0, 0.1) is 0 Å². The van der Waals surface area contributed by atoms with E-state index in [0.717, 1.165) is 5.56 Å². The summed E-state index contributed by atoms with van der Waals surface area (Å²) in [6, 6.07) is 14.3. The summed E-state index contributed by atoms with van der Waals surface area (Å²) in [4.78, 5) is 29.1. The Bertz CT molecular complexity index is 975. The minimum Gasteiger partial charge on any atom is -0.486 e. The number of hydrogen-bond acceptors (Lipinski definition) is 6. The number of hydrogen-bond donors (Lipinski definition) is 1. The van der Waals surface area contributed by atoms with E-state index in [1.54, 1.807) is 59.9 Å². The largest absolute Gasteiger partial charge is 0.486 e. The molecule has 2 aromatic carbocycles. The third-order valence-electron chi connectivity index (χ3n) is 4.44. The number of carboxylic acid groups (broad SMARTS) is 1. The lowest BCUT2D eigenvalue weighted by molar-refractivity contribution is -0.138. The number of aromatic nitrogens is 1. The summed E-state index contributed by atoms with van der Waals surface area (Å²) in [5, 5.41) is 11.8. The lowest BCUT2D eigenvalue weighted by Gasteiger charge is -2.22. The molecule has 0 spiro atoms. The molecule has 0 saturated heterocycles. The maximum Gasteiger partial charge on any atom is 0.317 e. The molecular formula is C22H21ClN2O4S. The SMILES string of the molecule is CN(CCC(Oc1ccc(C(=O)c2nccs2)cc1)c1ccc(Cl)cc1)CC(=O)O. The van der Waals surface area contributed by atoms with Crippen LogP contribution in [0.3, 0.4) is 0 Å². The molecule has 0 aliphatic rings. The van der Waals surface area contributed by atoms with Crippen molar-refractivity contribution in [3.05, 3.63) is 81.3 Å². The van der Waals surface area contributed by atoms with Crippen LogP contribution in [0.25, 0.3) is 0 Å². The van der Waals surface area contributed by atoms with E-state index in [2.05, 4.69) is 4.98 Å². The smallest absolute Gasteiger partial charge is 0.317 e. The van der Waals surface area contributed by atoms with Crippen molar-refractivity contribution in [3.63, 3.8) is 0 Å². The predicted octanol–water partition coefficient (Wildman–Crippen LogP) is 4.55. The Kier molecular flexibility index (Phi) is 7.57. The fourth-order valence-corrected chi connectivity index (χ4v) is 3.65. The molecule has 0 fully saturated rings. The van der Waals surface area contributed by atoms with Gasteiger partial charge < -0.3 is 9.84 Å². The van der Waals surface area contributed by atoms with Crippen molar-refractivity contribution < 1.29 is 19.4 Å². The lowest BCUT2D eigenvalue weighted by atomic mass is 10.1. The average Bonchev–Trinajstić information content (AvgIpc) is 3.26. The molecule has 3 aromatic rings. The van der Waals surface area contributed by atoms with E-state index in [-0.39, 0.29) is 18.4 Å². The van der Waals surface area contributed by atoms with Gasteiger partial charge in [0.15, 0.2) is 5.01 Å². The molecule has 0 aliphatic carbocycles. The van der Waals surface area contributed by atoms with E-state index < -0.39 is 5.97 Å². The van der Waals surface area contributed by atoms with Crippen molar-refractivity contribution >= 4 is 34.7 Å². The highest BCUT2D eigenvalue weighted by molar-refractivity contribution is 7.11. The van der Waals surface area contributed by atoms with Gasteiger partial charge in [0.1, 0.15) is 11.9 Å². The normalized spacial score (nSPS) is 12.0. The second-order valence-corrected chi connectivity index (χ2v) is 8.10. The molecule has 0 bridgehead atoms. The number of carbonyl (C=O) groups excluding carboxylic acids is 1. The van der Waals surface area contributed by atoms with Gasteiger partial charge in [0, 0.05) is 35.1 Å². The second kappa shape index (κ2) is 10.3. The van der Waals surface area contributed by atoms with Crippen LogP contribution in [0.5, 0.6) is 5.75 Å². The Morgan fingerprint density at radius 1 is 1.17 bits per heavy atom. The average molecular weight is 445 g/mol. The van der Waals surface area contributed by atoms with E-state index in [1.807, 2.05) is 12.1 Å². The lowest BCUT2D eigenvalue weighted by Crippen LogP contribution is -2.28. The number of aliphatic carboxylic acids is 1. The summed E-state index contributed by atoms with van der Waals surface area (Å²) in [6.07, 6.45) is 1.90. The molecule has 30 heavy (non-hydrogen) atoms. The van der Waals surface area contributed by atoms with Gasteiger partial charge in [-0.15, -0.1) is 11.3 Å². The van der Waals surface area contributed by atoms with Crippen molar-refractivity contribution in [2.45, 2.75) is 12.5 Å². The van der Waals surface area contributed by atoms with Crippen LogP contribution in [0.15, 0.2) is 60.1 Å². The molecule has 0 aliphatic heterocycles. The molecule has 8 heteroatoms. The fourth-order valence-electron chi connectivity index (χ4n) is 2.93. The number of ketones is 1. The van der Waals surface area contributed by atoms with Crippen LogP contribution in [-0.4, -0.2) is 46.9 Å². The first kappa shape index (κ1) is 22.0. The number of likely N-dealkylation sites (N-methyl/N-ethyl adjacent to an activating group) is 1. The number of carboxylic acids is 1. The van der Waals surface area contributed by atoms with Gasteiger partial charge in [0.25, 0.3) is 0 Å². The number of halogens is 1. The molecule has 6 nitrogen and oxygen atoms in total. The van der Waals surface area contributed by atoms with Crippen molar-refractivity contribution in [1.29, 1.82) is 0 Å². The van der Waals surface area contributed by atoms with Crippen molar-refractivity contribution in [2.24, 2.45) is 0 Å². The highest BCUT2D eigenvalue weighted by atomic mass is 35.5. The van der Waals surface area contributed by atoms with Gasteiger partial charge in [-0.25, -0.2) is 4.98 Å². The molecule has 1 atom stereocenters. The Morgan fingerprint density at radius 2 is 1.87 bits per heavy atom. The van der Waals surface area contributed by atoms with E-state index in [4.69, 9.17) is 21.4 Å². The zero-order valence-electron chi connectivity index (χ0n) is 16.3. The molecule has 156 valence electrons. The number of nitrogens with zero attached hydrogens (tertiary/aromatic N) is 2. The molecular weight excluding hydrogens is 424 g/mol. The highest BCUT2D eigenvalue weighted by Crippen LogP contribution is 2.27. The number of carbonyl (C=O) groups is 2. The number of benzene rings is 2. The third kappa shape index (κ3) is 6.13. The molecule has 0 amide bonds. The fraction of sp³-hybridized carbons (Fsp3) is 0.227. The molecule has 1 unspecified atom stereocenters. The minimum absolute atomic E-state index is 0.0408. The minimum atomic E-state index is -0.873. The number of rotatable bonds is 10. The maximum absolute atomic E-state index is 12.4. The van der Waals surface area contributed by atoms with Crippen molar-refractivity contribution in [1.82, 2.24) is 9.88 Å². The Hall–Kier alpha value is -2.74. The summed E-state index contributed by atoms with van der Waals surface area (Å²) in [5.74, 6) is -0.380. The van der Waals surface area contributed by atoms with Gasteiger partial charge in [-0.2, -0.15) is 0 Å². The Morgan fingerprint density at radius 3 is 2.47 bits per heavy atom. The number of ether oxygens (including phenoxy) is 1. The summed E-state index contributed by atoms with van der Waals surface area (Å²) in [6.45, 7) is 0.501. The second-order valence-electron chi connectivity index (χ2n) is 6.77. The van der Waals surface area contributed by atoms with Gasteiger partial charge in [-0.3, -0.25) is 14.5 Å². The van der Waals surface area contributed by atoms with Crippen LogP contribution < -0.4 is 4.74 Å². The van der Waals surface area contributed by atoms with Gasteiger partial charge in [0.2, 0.25) is 5.78 Å². The van der Waals surface area contributed by atoms with Crippen LogP contribution >= 0.6 is 22.9 Å². The van der Waals surface area contributed by atoms with E-state index in [9.17, 15) is 9.59 Å². The van der Waals surface area contributed by atoms with Crippen LogP contribution in [0.1, 0.15) is 33.5 Å². The standard InChI is InChI=1S/C22H21ClN2O4S/c1-25(14-20(26)27)12-10-19(15-2-6-17(23)7-3-15)29-18-8-4-16(5-9-18)21(28)22-24-11-13-30-22/h2-9,11,13,19H,10,12,14H2,1H3,(H,26,27). The van der Waals surface area contributed by atoms with Gasteiger partial charge in [0.05, 0.1) is 6.54 Å². The summed E-state index contributed by atoms with van der Waals surface area (Å²) in [5.41, 5.74) is 1.48. The first-order valence-electron chi connectivity index (χ1n) is 9.29. The summed E-state index contributed by atoms with van der Waals surface area (Å²) >= 11 is 7.30. The Labute approximate surface area is 183 Å². The highest BCUT2D eigenvalue weighted by Gasteiger charge is 2.17. The van der Waals surface area contributed by atoms with Gasteiger partial charge >= 0.3 is 5.97 Å². The maximum atomic E-state index is 12.4. The molecule has 1 aromatic heterocycles. The zero-order valence-corrected chi connectivity index (χ0v) is 17.9. The van der Waals surface area contributed by atoms with Crippen molar-refractivity contribution in [3.8, 4) is 5.75 Å². The van der Waals surface area contributed by atoms with Gasteiger partial charge in [-0.1, -0.05) is 23.7 Å². The third-order valence-corrected chi connectivity index (χ3v) is 5.47. The predicted molar refractivity (Wildman–Crippen MR) is 117 cm³/mol. The topological polar surface area (TPSA) is 79.7 Å². The molecule has 1 heterocycles. The van der Waals surface area contributed by atoms with Gasteiger partial charge in [-0.05, 0) is 49.0 Å². The van der Waals surface area contributed by atoms with E-state index in [0.29, 0.717) is 34.3 Å². The molecule has 0 saturated carbocycles. The van der Waals surface area contributed by atoms with E-state index >= 15 is 0 Å². The first-order valence-corrected chi connectivity index (χ1v) is 10.5. The Balaban J connectivity index is 1.72. The van der Waals surface area contributed by atoms with Crippen LogP contribution in [-0.2, 0) is 4.79 Å². The van der Waals surface area contributed by atoms with Crippen LogP contribution in [0.4, 0.5) is 0 Å². The summed E-state index contributed by atoms with van der Waals surface area (Å²) < 4.78 is 6.18. The quantitative estimate of drug-likeness (QED) is 0.462. The zero-order chi connectivity index (χ0) is 21.5. The molecule has 1 N–H and O–H groups in total. The summed E-state index contributed by atoms with van der Waals surface area (Å²) in [7, 11) is 1.76. The van der Waals surface area contributed by atoms with Crippen LogP contribution in [0.2, 0.25) is 5.02 Å². The monoisotopic (exact) mass is 444 g/mol. The molecule has 3 rings (SSSR count). The number of thiazole rings is 1.